The number of carbonyl (C=O) groups is 1. The second kappa shape index (κ2) is 7.07. The first-order chi connectivity index (χ1) is 13.3. The van der Waals surface area contributed by atoms with E-state index < -0.39 is 17.7 Å². The second-order valence-corrected chi connectivity index (χ2v) is 7.39. The Balaban J connectivity index is 1.46. The van der Waals surface area contributed by atoms with E-state index in [2.05, 4.69) is 10.3 Å². The monoisotopic (exact) mass is 393 g/mol. The molecule has 1 saturated heterocycles. The summed E-state index contributed by atoms with van der Waals surface area (Å²) in [7, 11) is 0. The van der Waals surface area contributed by atoms with Gasteiger partial charge >= 0.3 is 6.18 Å². The van der Waals surface area contributed by atoms with Crippen molar-refractivity contribution in [3.63, 3.8) is 0 Å². The summed E-state index contributed by atoms with van der Waals surface area (Å²) in [4.78, 5) is 18.3. The zero-order valence-electron chi connectivity index (χ0n) is 14.9. The van der Waals surface area contributed by atoms with Gasteiger partial charge in [0, 0.05) is 24.7 Å². The lowest BCUT2D eigenvalue weighted by Gasteiger charge is -2.22. The molecule has 1 aliphatic carbocycles. The lowest BCUT2D eigenvalue weighted by Crippen LogP contribution is -2.30. The molecule has 1 N–H and O–H groups in total. The van der Waals surface area contributed by atoms with E-state index in [0.29, 0.717) is 18.8 Å². The molecule has 2 aromatic rings. The third-order valence-corrected chi connectivity index (χ3v) is 5.63. The van der Waals surface area contributed by atoms with Crippen LogP contribution >= 0.6 is 0 Å². The zero-order valence-corrected chi connectivity index (χ0v) is 14.9. The first kappa shape index (κ1) is 18.7. The van der Waals surface area contributed by atoms with E-state index in [1.165, 1.54) is 24.3 Å². The molecule has 4 rings (SSSR count). The summed E-state index contributed by atoms with van der Waals surface area (Å²) < 4.78 is 52.1. The van der Waals surface area contributed by atoms with Crippen molar-refractivity contribution in [2.24, 2.45) is 17.8 Å². The smallest absolute Gasteiger partial charge is 0.356 e. The van der Waals surface area contributed by atoms with E-state index >= 15 is 0 Å². The van der Waals surface area contributed by atoms with Crippen molar-refractivity contribution in [3.05, 3.63) is 54.0 Å². The number of nitrogens with one attached hydrogen (secondary N) is 1. The summed E-state index contributed by atoms with van der Waals surface area (Å²) in [5.41, 5.74) is -0.509. The SMILES string of the molecule is O=C(Nc1cccc(F)c1)[C@H]1CC[C@@H]2CN(c3cccc(C(F)(F)F)n3)C[C@@H]21. The Morgan fingerprint density at radius 1 is 1.11 bits per heavy atom. The summed E-state index contributed by atoms with van der Waals surface area (Å²) in [6.07, 6.45) is -2.93. The maximum absolute atomic E-state index is 13.3. The minimum Gasteiger partial charge on any atom is -0.356 e. The number of nitrogens with zero attached hydrogens (tertiary/aromatic N) is 2. The maximum Gasteiger partial charge on any atom is 0.433 e. The second-order valence-electron chi connectivity index (χ2n) is 7.39. The normalized spacial score (nSPS) is 24.3. The highest BCUT2D eigenvalue weighted by molar-refractivity contribution is 5.93. The molecule has 28 heavy (non-hydrogen) atoms. The molecule has 0 bridgehead atoms. The van der Waals surface area contributed by atoms with Gasteiger partial charge in [-0.2, -0.15) is 13.2 Å². The van der Waals surface area contributed by atoms with Crippen molar-refractivity contribution >= 4 is 17.4 Å². The number of carbonyl (C=O) groups excluding carboxylic acids is 1. The molecule has 1 aromatic heterocycles. The predicted octanol–water partition coefficient (Wildman–Crippen LogP) is 4.34. The van der Waals surface area contributed by atoms with E-state index in [0.717, 1.165) is 18.9 Å². The summed E-state index contributed by atoms with van der Waals surface area (Å²) >= 11 is 0. The summed E-state index contributed by atoms with van der Waals surface area (Å²) in [5, 5.41) is 2.76. The van der Waals surface area contributed by atoms with Gasteiger partial charge in [-0.05, 0) is 55.0 Å². The first-order valence-corrected chi connectivity index (χ1v) is 9.17. The van der Waals surface area contributed by atoms with Crippen LogP contribution in [0.3, 0.4) is 0 Å². The number of pyridine rings is 1. The minimum absolute atomic E-state index is 0.0462. The number of rotatable bonds is 3. The minimum atomic E-state index is -4.49. The molecule has 8 heteroatoms. The third-order valence-electron chi connectivity index (χ3n) is 5.63. The van der Waals surface area contributed by atoms with Crippen LogP contribution in [0, 0.1) is 23.6 Å². The van der Waals surface area contributed by atoms with Gasteiger partial charge in [-0.25, -0.2) is 9.37 Å². The largest absolute Gasteiger partial charge is 0.433 e. The van der Waals surface area contributed by atoms with Gasteiger partial charge in [0.25, 0.3) is 0 Å². The molecule has 1 saturated carbocycles. The highest BCUT2D eigenvalue weighted by atomic mass is 19.4. The van der Waals surface area contributed by atoms with Crippen molar-refractivity contribution in [1.29, 1.82) is 0 Å². The molecule has 4 nitrogen and oxygen atoms in total. The molecule has 0 unspecified atom stereocenters. The van der Waals surface area contributed by atoms with Crippen molar-refractivity contribution in [2.45, 2.75) is 19.0 Å². The van der Waals surface area contributed by atoms with Crippen LogP contribution in [-0.4, -0.2) is 24.0 Å². The summed E-state index contributed by atoms with van der Waals surface area (Å²) in [6, 6.07) is 9.59. The van der Waals surface area contributed by atoms with Crippen LogP contribution < -0.4 is 10.2 Å². The van der Waals surface area contributed by atoms with Crippen LogP contribution in [0.15, 0.2) is 42.5 Å². The summed E-state index contributed by atoms with van der Waals surface area (Å²) in [6.45, 7) is 1.07. The summed E-state index contributed by atoms with van der Waals surface area (Å²) in [5.74, 6) is -0.274. The number of anilines is 2. The van der Waals surface area contributed by atoms with Gasteiger partial charge in [0.1, 0.15) is 17.3 Å². The van der Waals surface area contributed by atoms with E-state index in [1.807, 2.05) is 4.90 Å². The quantitative estimate of drug-likeness (QED) is 0.789. The highest BCUT2D eigenvalue weighted by Crippen LogP contribution is 2.44. The van der Waals surface area contributed by atoms with Gasteiger partial charge in [0.15, 0.2) is 0 Å². The fourth-order valence-electron chi connectivity index (χ4n) is 4.34. The van der Waals surface area contributed by atoms with Crippen molar-refractivity contribution in [3.8, 4) is 0 Å². The van der Waals surface area contributed by atoms with E-state index in [4.69, 9.17) is 0 Å². The van der Waals surface area contributed by atoms with Gasteiger partial charge in [-0.15, -0.1) is 0 Å². The van der Waals surface area contributed by atoms with Crippen molar-refractivity contribution in [2.75, 3.05) is 23.3 Å². The molecule has 0 spiro atoms. The zero-order chi connectivity index (χ0) is 19.9. The van der Waals surface area contributed by atoms with Crippen molar-refractivity contribution < 1.29 is 22.4 Å². The number of fused-ring (bicyclic) bond motifs is 1. The van der Waals surface area contributed by atoms with Crippen LogP contribution in [0.1, 0.15) is 18.5 Å². The highest BCUT2D eigenvalue weighted by Gasteiger charge is 2.46. The lowest BCUT2D eigenvalue weighted by molar-refractivity contribution is -0.141. The molecule has 2 aliphatic rings. The number of halogens is 4. The standard InChI is InChI=1S/C20H19F4N3O/c21-13-3-1-4-14(9-13)25-19(28)15-8-7-12-10-27(11-16(12)15)18-6-2-5-17(26-18)20(22,23)24/h1-6,9,12,15-16H,7-8,10-11H2,(H,25,28)/t12-,15+,16+/m1/s1. The van der Waals surface area contributed by atoms with Crippen LogP contribution in [0.5, 0.6) is 0 Å². The van der Waals surface area contributed by atoms with Crippen molar-refractivity contribution in [1.82, 2.24) is 4.98 Å². The molecule has 2 heterocycles. The Hall–Kier alpha value is -2.64. The number of hydrogen-bond acceptors (Lipinski definition) is 3. The van der Waals surface area contributed by atoms with Gasteiger partial charge in [0.2, 0.25) is 5.91 Å². The molecule has 1 aromatic carbocycles. The molecular weight excluding hydrogens is 374 g/mol. The number of alkyl halides is 3. The molecular formula is C20H19F4N3O. The Bertz CT molecular complexity index is 886. The number of amides is 1. The molecule has 1 amide bonds. The molecule has 2 fully saturated rings. The van der Waals surface area contributed by atoms with Gasteiger partial charge < -0.3 is 10.2 Å². The van der Waals surface area contributed by atoms with Crippen LogP contribution in [0.25, 0.3) is 0 Å². The first-order valence-electron chi connectivity index (χ1n) is 9.17. The lowest BCUT2D eigenvalue weighted by atomic mass is 9.91. The molecule has 0 radical (unpaired) electrons. The van der Waals surface area contributed by atoms with Gasteiger partial charge in [-0.1, -0.05) is 12.1 Å². The van der Waals surface area contributed by atoms with E-state index in [-0.39, 0.29) is 29.5 Å². The van der Waals surface area contributed by atoms with E-state index in [1.54, 1.807) is 12.1 Å². The molecule has 3 atom stereocenters. The predicted molar refractivity (Wildman–Crippen MR) is 96.2 cm³/mol. The maximum atomic E-state index is 13.3. The Kier molecular flexibility index (Phi) is 4.72. The van der Waals surface area contributed by atoms with Gasteiger partial charge in [-0.3, -0.25) is 4.79 Å². The van der Waals surface area contributed by atoms with Crippen LogP contribution in [-0.2, 0) is 11.0 Å². The topological polar surface area (TPSA) is 45.2 Å². The Morgan fingerprint density at radius 2 is 1.89 bits per heavy atom. The number of aromatic nitrogens is 1. The van der Waals surface area contributed by atoms with E-state index in [9.17, 15) is 22.4 Å². The number of hydrogen-bond donors (Lipinski definition) is 1. The fraction of sp³-hybridized carbons (Fsp3) is 0.400. The number of benzene rings is 1. The fourth-order valence-corrected chi connectivity index (χ4v) is 4.34. The Morgan fingerprint density at radius 3 is 2.64 bits per heavy atom. The third kappa shape index (κ3) is 3.68. The average Bonchev–Trinajstić information content (AvgIpc) is 3.21. The van der Waals surface area contributed by atoms with Crippen LogP contribution in [0.4, 0.5) is 29.1 Å². The average molecular weight is 393 g/mol. The Labute approximate surface area is 159 Å². The van der Waals surface area contributed by atoms with Gasteiger partial charge in [0.05, 0.1) is 0 Å². The van der Waals surface area contributed by atoms with Crippen LogP contribution in [0.2, 0.25) is 0 Å². The molecule has 148 valence electrons. The molecule has 1 aliphatic heterocycles.